The Hall–Kier alpha value is -1.89. The molecule has 2 aromatic rings. The van der Waals surface area contributed by atoms with Crippen LogP contribution in [0.3, 0.4) is 0 Å². The third-order valence-electron chi connectivity index (χ3n) is 2.62. The molecule has 6 nitrogen and oxygen atoms in total. The van der Waals surface area contributed by atoms with E-state index in [0.717, 1.165) is 0 Å². The average molecular weight is 326 g/mol. The minimum absolute atomic E-state index is 0.0794. The molecule has 1 aromatic heterocycles. The molecule has 0 unspecified atom stereocenters. The summed E-state index contributed by atoms with van der Waals surface area (Å²) in [5.41, 5.74) is 0.104. The van der Waals surface area contributed by atoms with E-state index in [-0.39, 0.29) is 11.6 Å². The highest BCUT2D eigenvalue weighted by Gasteiger charge is 2.12. The Morgan fingerprint density at radius 1 is 1.42 bits per heavy atom. The number of anilines is 1. The molecule has 0 spiro atoms. The van der Waals surface area contributed by atoms with Crippen LogP contribution in [0.25, 0.3) is 10.8 Å². The second-order valence-electron chi connectivity index (χ2n) is 4.32. The number of carbonyl (C=O) groups is 1. The summed E-state index contributed by atoms with van der Waals surface area (Å²) >= 11 is 3.32. The highest BCUT2D eigenvalue weighted by atomic mass is 79.9. The van der Waals surface area contributed by atoms with Crippen molar-refractivity contribution in [2.75, 3.05) is 5.32 Å². The van der Waals surface area contributed by atoms with Gasteiger partial charge >= 0.3 is 6.09 Å². The molecule has 0 aliphatic carbocycles. The van der Waals surface area contributed by atoms with Crippen LogP contribution in [0.15, 0.2) is 27.6 Å². The molecule has 0 aliphatic rings. The first kappa shape index (κ1) is 13.5. The van der Waals surface area contributed by atoms with E-state index in [0.29, 0.717) is 21.1 Å². The normalized spacial score (nSPS) is 10.9. The van der Waals surface area contributed by atoms with E-state index in [1.165, 1.54) is 10.7 Å². The molecule has 100 valence electrons. The molecule has 0 bridgehead atoms. The standard InChI is InChI=1S/C12H12BrN3O3/c1-6(2)16-11(17)9-5-7(14-12(18)19)3-4-8(9)10(13)15-16/h3-6,14H,1-2H3,(H,18,19). The van der Waals surface area contributed by atoms with Crippen molar-refractivity contribution in [2.45, 2.75) is 19.9 Å². The van der Waals surface area contributed by atoms with Crippen molar-refractivity contribution in [1.29, 1.82) is 0 Å². The average Bonchev–Trinajstić information content (AvgIpc) is 2.32. The van der Waals surface area contributed by atoms with Crippen LogP contribution in [0.2, 0.25) is 0 Å². The first-order valence-electron chi connectivity index (χ1n) is 5.62. The van der Waals surface area contributed by atoms with Crippen LogP contribution in [0.1, 0.15) is 19.9 Å². The lowest BCUT2D eigenvalue weighted by atomic mass is 10.2. The van der Waals surface area contributed by atoms with Gasteiger partial charge < -0.3 is 5.11 Å². The van der Waals surface area contributed by atoms with Crippen molar-refractivity contribution in [3.05, 3.63) is 33.2 Å². The maximum atomic E-state index is 12.3. The first-order valence-corrected chi connectivity index (χ1v) is 6.41. The van der Waals surface area contributed by atoms with Crippen LogP contribution in [0, 0.1) is 0 Å². The summed E-state index contributed by atoms with van der Waals surface area (Å²) in [6.07, 6.45) is -1.17. The van der Waals surface area contributed by atoms with Gasteiger partial charge in [-0.15, -0.1) is 0 Å². The summed E-state index contributed by atoms with van der Waals surface area (Å²) in [7, 11) is 0. The summed E-state index contributed by atoms with van der Waals surface area (Å²) in [5.74, 6) is 0. The Labute approximate surface area is 117 Å². The molecule has 2 N–H and O–H groups in total. The number of hydrogen-bond acceptors (Lipinski definition) is 3. The van der Waals surface area contributed by atoms with Crippen LogP contribution in [0.5, 0.6) is 0 Å². The molecular weight excluding hydrogens is 314 g/mol. The Morgan fingerprint density at radius 3 is 2.68 bits per heavy atom. The Balaban J connectivity index is 2.72. The predicted molar refractivity (Wildman–Crippen MR) is 75.7 cm³/mol. The molecule has 0 saturated heterocycles. The third-order valence-corrected chi connectivity index (χ3v) is 3.20. The third kappa shape index (κ3) is 2.60. The number of nitrogens with zero attached hydrogens (tertiary/aromatic N) is 2. The maximum Gasteiger partial charge on any atom is 0.409 e. The van der Waals surface area contributed by atoms with Crippen LogP contribution in [0.4, 0.5) is 10.5 Å². The molecule has 0 saturated carbocycles. The van der Waals surface area contributed by atoms with Gasteiger partial charge in [-0.05, 0) is 48.0 Å². The van der Waals surface area contributed by atoms with Gasteiger partial charge in [-0.3, -0.25) is 10.1 Å². The summed E-state index contributed by atoms with van der Waals surface area (Å²) in [6.45, 7) is 3.71. The molecule has 0 atom stereocenters. The molecule has 1 heterocycles. The van der Waals surface area contributed by atoms with Gasteiger partial charge in [0, 0.05) is 11.1 Å². The van der Waals surface area contributed by atoms with Gasteiger partial charge in [-0.2, -0.15) is 5.10 Å². The number of carboxylic acid groups (broad SMARTS) is 1. The number of hydrogen-bond donors (Lipinski definition) is 2. The van der Waals surface area contributed by atoms with E-state index >= 15 is 0 Å². The molecule has 1 amide bonds. The molecular formula is C12H12BrN3O3. The molecule has 1 aromatic carbocycles. The van der Waals surface area contributed by atoms with Gasteiger partial charge in [-0.25, -0.2) is 9.48 Å². The second kappa shape index (κ2) is 5.00. The number of rotatable bonds is 2. The molecule has 0 aliphatic heterocycles. The molecule has 2 rings (SSSR count). The monoisotopic (exact) mass is 325 g/mol. The number of benzene rings is 1. The number of aromatic nitrogens is 2. The molecule has 0 radical (unpaired) electrons. The Bertz CT molecular complexity index is 709. The van der Waals surface area contributed by atoms with Crippen LogP contribution in [-0.4, -0.2) is 21.0 Å². The SMILES string of the molecule is CC(C)n1nc(Br)c2ccc(NC(=O)O)cc2c1=O. The number of fused-ring (bicyclic) bond motifs is 1. The van der Waals surface area contributed by atoms with Crippen molar-refractivity contribution in [1.82, 2.24) is 9.78 Å². The van der Waals surface area contributed by atoms with Gasteiger partial charge in [-0.1, -0.05) is 0 Å². The van der Waals surface area contributed by atoms with Crippen LogP contribution < -0.4 is 10.9 Å². The van der Waals surface area contributed by atoms with E-state index in [2.05, 4.69) is 26.3 Å². The van der Waals surface area contributed by atoms with Crippen molar-refractivity contribution < 1.29 is 9.90 Å². The predicted octanol–water partition coefficient (Wildman–Crippen LogP) is 2.83. The largest absolute Gasteiger partial charge is 0.465 e. The highest BCUT2D eigenvalue weighted by molar-refractivity contribution is 9.10. The van der Waals surface area contributed by atoms with E-state index < -0.39 is 6.09 Å². The molecule has 7 heteroatoms. The van der Waals surface area contributed by atoms with E-state index in [1.807, 2.05) is 13.8 Å². The van der Waals surface area contributed by atoms with Gasteiger partial charge in [0.25, 0.3) is 5.56 Å². The van der Waals surface area contributed by atoms with Crippen molar-refractivity contribution in [2.24, 2.45) is 0 Å². The fourth-order valence-corrected chi connectivity index (χ4v) is 2.29. The lowest BCUT2D eigenvalue weighted by Crippen LogP contribution is -2.25. The highest BCUT2D eigenvalue weighted by Crippen LogP contribution is 2.22. The summed E-state index contributed by atoms with van der Waals surface area (Å²) in [6, 6.07) is 4.67. The number of nitrogens with one attached hydrogen (secondary N) is 1. The lowest BCUT2D eigenvalue weighted by Gasteiger charge is -2.11. The van der Waals surface area contributed by atoms with Crippen LogP contribution in [-0.2, 0) is 0 Å². The number of halogens is 1. The van der Waals surface area contributed by atoms with Crippen molar-refractivity contribution in [3.63, 3.8) is 0 Å². The first-order chi connectivity index (χ1) is 8.90. The minimum Gasteiger partial charge on any atom is -0.465 e. The van der Waals surface area contributed by atoms with E-state index in [4.69, 9.17) is 5.11 Å². The number of amides is 1. The summed E-state index contributed by atoms with van der Waals surface area (Å²) in [4.78, 5) is 22.9. The van der Waals surface area contributed by atoms with Crippen molar-refractivity contribution >= 4 is 38.5 Å². The van der Waals surface area contributed by atoms with Gasteiger partial charge in [0.2, 0.25) is 0 Å². The van der Waals surface area contributed by atoms with Crippen molar-refractivity contribution in [3.8, 4) is 0 Å². The molecule has 19 heavy (non-hydrogen) atoms. The zero-order chi connectivity index (χ0) is 14.2. The maximum absolute atomic E-state index is 12.3. The van der Waals surface area contributed by atoms with Crippen LogP contribution >= 0.6 is 15.9 Å². The summed E-state index contributed by atoms with van der Waals surface area (Å²) in [5, 5.41) is 16.2. The smallest absolute Gasteiger partial charge is 0.409 e. The van der Waals surface area contributed by atoms with E-state index in [1.54, 1.807) is 12.1 Å². The van der Waals surface area contributed by atoms with Gasteiger partial charge in [0.15, 0.2) is 0 Å². The fourth-order valence-electron chi connectivity index (χ4n) is 1.77. The van der Waals surface area contributed by atoms with Gasteiger partial charge in [0.05, 0.1) is 11.4 Å². The Kier molecular flexibility index (Phi) is 3.57. The second-order valence-corrected chi connectivity index (χ2v) is 5.08. The topological polar surface area (TPSA) is 84.2 Å². The molecule has 0 fully saturated rings. The van der Waals surface area contributed by atoms with E-state index in [9.17, 15) is 9.59 Å². The van der Waals surface area contributed by atoms with Gasteiger partial charge in [0.1, 0.15) is 4.60 Å². The lowest BCUT2D eigenvalue weighted by molar-refractivity contribution is 0.210. The summed E-state index contributed by atoms with van der Waals surface area (Å²) < 4.78 is 1.91. The zero-order valence-corrected chi connectivity index (χ0v) is 11.9. The fraction of sp³-hybridized carbons (Fsp3) is 0.250. The minimum atomic E-state index is -1.17. The quantitative estimate of drug-likeness (QED) is 0.889. The zero-order valence-electron chi connectivity index (χ0n) is 10.3. The Morgan fingerprint density at radius 2 is 2.11 bits per heavy atom.